The summed E-state index contributed by atoms with van der Waals surface area (Å²) >= 11 is 0. The van der Waals surface area contributed by atoms with E-state index in [0.29, 0.717) is 0 Å². The predicted molar refractivity (Wildman–Crippen MR) is 39.1 cm³/mol. The lowest BCUT2D eigenvalue weighted by atomic mass is 10.0. The van der Waals surface area contributed by atoms with Crippen LogP contribution in [-0.4, -0.2) is 11.8 Å². The molecule has 0 aromatic carbocycles. The number of nitrogens with two attached hydrogens (primary N) is 2. The molecule has 0 aromatic rings. The molecule has 1 rings (SSSR count). The molecule has 0 saturated heterocycles. The molecular weight excluding hydrogens is 144 g/mol. The molecule has 1 aliphatic rings. The fourth-order valence-electron chi connectivity index (χ4n) is 0.961. The van der Waals surface area contributed by atoms with Crippen LogP contribution in [0.3, 0.4) is 0 Å². The molecule has 2 amide bonds. The zero-order valence-electron chi connectivity index (χ0n) is 5.78. The lowest BCUT2D eigenvalue weighted by Crippen LogP contribution is -2.28. The van der Waals surface area contributed by atoms with Gasteiger partial charge in [-0.25, -0.2) is 0 Å². The summed E-state index contributed by atoms with van der Waals surface area (Å²) in [6, 6.07) is 0. The first kappa shape index (κ1) is 7.53. The summed E-state index contributed by atoms with van der Waals surface area (Å²) in [5, 5.41) is 0. The van der Waals surface area contributed by atoms with Crippen LogP contribution in [-0.2, 0) is 9.59 Å². The van der Waals surface area contributed by atoms with Gasteiger partial charge in [-0.2, -0.15) is 0 Å². The number of hydrogen-bond acceptors (Lipinski definition) is 2. The molecule has 0 heterocycles. The minimum absolute atomic E-state index is 0.262. The fraction of sp³-hybridized carbons (Fsp3) is 0.143. The van der Waals surface area contributed by atoms with Gasteiger partial charge in [-0.05, 0) is 0 Å². The molecule has 58 valence electrons. The van der Waals surface area contributed by atoms with Crippen molar-refractivity contribution in [1.82, 2.24) is 0 Å². The molecule has 0 spiro atoms. The van der Waals surface area contributed by atoms with E-state index in [9.17, 15) is 9.59 Å². The van der Waals surface area contributed by atoms with Crippen molar-refractivity contribution in [3.8, 4) is 0 Å². The van der Waals surface area contributed by atoms with Crippen LogP contribution in [0.15, 0.2) is 23.8 Å². The highest BCUT2D eigenvalue weighted by Crippen LogP contribution is 2.17. The number of carbonyl (C=O) groups excluding carboxylic acids is 2. The minimum Gasteiger partial charge on any atom is -0.369 e. The van der Waals surface area contributed by atoms with Gasteiger partial charge < -0.3 is 11.5 Å². The second kappa shape index (κ2) is 2.57. The number of hydrogen-bond donors (Lipinski definition) is 2. The van der Waals surface area contributed by atoms with Crippen LogP contribution in [0.25, 0.3) is 0 Å². The maximum absolute atomic E-state index is 10.6. The van der Waals surface area contributed by atoms with Gasteiger partial charge in [0, 0.05) is 5.57 Å². The second-order valence-corrected chi connectivity index (χ2v) is 2.25. The Balaban J connectivity index is 2.85. The molecule has 1 atom stereocenters. The Morgan fingerprint density at radius 3 is 2.36 bits per heavy atom. The van der Waals surface area contributed by atoms with Crippen molar-refractivity contribution in [2.24, 2.45) is 17.4 Å². The summed E-state index contributed by atoms with van der Waals surface area (Å²) in [5.74, 6) is -1.78. The molecule has 1 aliphatic carbocycles. The van der Waals surface area contributed by atoms with Crippen LogP contribution >= 0.6 is 0 Å². The first-order valence-electron chi connectivity index (χ1n) is 3.10. The van der Waals surface area contributed by atoms with Crippen molar-refractivity contribution < 1.29 is 9.59 Å². The third-order valence-corrected chi connectivity index (χ3v) is 1.51. The molecular formula is C7H8N2O2. The Morgan fingerprint density at radius 1 is 1.36 bits per heavy atom. The van der Waals surface area contributed by atoms with Gasteiger partial charge in [-0.1, -0.05) is 18.2 Å². The van der Waals surface area contributed by atoms with Gasteiger partial charge in [0.2, 0.25) is 11.8 Å². The third kappa shape index (κ3) is 1.29. The van der Waals surface area contributed by atoms with Crippen LogP contribution in [0.2, 0.25) is 0 Å². The van der Waals surface area contributed by atoms with E-state index in [4.69, 9.17) is 11.5 Å². The van der Waals surface area contributed by atoms with Crippen molar-refractivity contribution in [3.05, 3.63) is 23.8 Å². The molecule has 0 fully saturated rings. The molecule has 1 unspecified atom stereocenters. The van der Waals surface area contributed by atoms with Crippen LogP contribution in [0.1, 0.15) is 0 Å². The van der Waals surface area contributed by atoms with Crippen molar-refractivity contribution in [2.45, 2.75) is 0 Å². The van der Waals surface area contributed by atoms with Crippen LogP contribution in [0, 0.1) is 5.92 Å². The maximum atomic E-state index is 10.6. The Hall–Kier alpha value is -1.58. The first-order chi connectivity index (χ1) is 5.13. The number of primary amides is 2. The van der Waals surface area contributed by atoms with Crippen molar-refractivity contribution in [1.29, 1.82) is 0 Å². The Bertz CT molecular complexity index is 266. The Kier molecular flexibility index (Phi) is 1.76. The number of amides is 2. The Morgan fingerprint density at radius 2 is 2.00 bits per heavy atom. The van der Waals surface area contributed by atoms with E-state index in [1.807, 2.05) is 0 Å². The van der Waals surface area contributed by atoms with E-state index < -0.39 is 17.7 Å². The summed E-state index contributed by atoms with van der Waals surface area (Å²) in [7, 11) is 0. The highest BCUT2D eigenvalue weighted by Gasteiger charge is 2.23. The quantitative estimate of drug-likeness (QED) is 0.535. The summed E-state index contributed by atoms with van der Waals surface area (Å²) < 4.78 is 0. The van der Waals surface area contributed by atoms with Crippen molar-refractivity contribution in [3.63, 3.8) is 0 Å². The average Bonchev–Trinajstić information content (AvgIpc) is 2.32. The summed E-state index contributed by atoms with van der Waals surface area (Å²) in [4.78, 5) is 21.3. The zero-order valence-corrected chi connectivity index (χ0v) is 5.78. The van der Waals surface area contributed by atoms with E-state index in [-0.39, 0.29) is 5.57 Å². The summed E-state index contributed by atoms with van der Waals surface area (Å²) in [6.07, 6.45) is 4.63. The third-order valence-electron chi connectivity index (χ3n) is 1.51. The largest absolute Gasteiger partial charge is 0.369 e. The molecule has 0 aliphatic heterocycles. The van der Waals surface area contributed by atoms with Gasteiger partial charge in [0.1, 0.15) is 0 Å². The molecule has 0 saturated carbocycles. The van der Waals surface area contributed by atoms with Crippen LogP contribution < -0.4 is 11.5 Å². The maximum Gasteiger partial charge on any atom is 0.245 e. The van der Waals surface area contributed by atoms with E-state index in [0.717, 1.165) is 0 Å². The van der Waals surface area contributed by atoms with Crippen LogP contribution in [0.5, 0.6) is 0 Å². The van der Waals surface area contributed by atoms with Gasteiger partial charge >= 0.3 is 0 Å². The Labute approximate surface area is 63.5 Å². The lowest BCUT2D eigenvalue weighted by Gasteiger charge is -2.04. The molecule has 0 aromatic heterocycles. The zero-order chi connectivity index (χ0) is 8.43. The standard InChI is InChI=1S/C7H8N2O2/c8-6(10)4-2-1-3-5(4)7(9)11/h1-4H,(H2,8,10)(H2,9,11). The minimum atomic E-state index is -0.632. The molecule has 0 radical (unpaired) electrons. The molecule has 11 heavy (non-hydrogen) atoms. The number of rotatable bonds is 2. The van der Waals surface area contributed by atoms with Gasteiger partial charge in [-0.15, -0.1) is 0 Å². The number of carbonyl (C=O) groups is 2. The SMILES string of the molecule is NC(=O)C1=CC=CC1C(N)=O. The highest BCUT2D eigenvalue weighted by molar-refractivity contribution is 6.01. The smallest absolute Gasteiger partial charge is 0.245 e. The van der Waals surface area contributed by atoms with Crippen molar-refractivity contribution in [2.75, 3.05) is 0 Å². The molecule has 0 bridgehead atoms. The average molecular weight is 152 g/mol. The topological polar surface area (TPSA) is 86.2 Å². The summed E-state index contributed by atoms with van der Waals surface area (Å²) in [5.41, 5.74) is 10.2. The monoisotopic (exact) mass is 152 g/mol. The van der Waals surface area contributed by atoms with Gasteiger partial charge in [0.05, 0.1) is 5.92 Å². The van der Waals surface area contributed by atoms with E-state index in [2.05, 4.69) is 0 Å². The molecule has 4 nitrogen and oxygen atoms in total. The fourth-order valence-corrected chi connectivity index (χ4v) is 0.961. The molecule has 4 heteroatoms. The lowest BCUT2D eigenvalue weighted by molar-refractivity contribution is -0.122. The van der Waals surface area contributed by atoms with E-state index in [1.165, 1.54) is 6.08 Å². The van der Waals surface area contributed by atoms with Gasteiger partial charge in [-0.3, -0.25) is 9.59 Å². The first-order valence-corrected chi connectivity index (χ1v) is 3.10. The highest BCUT2D eigenvalue weighted by atomic mass is 16.2. The molecule has 4 N–H and O–H groups in total. The van der Waals surface area contributed by atoms with Gasteiger partial charge in [0.15, 0.2) is 0 Å². The van der Waals surface area contributed by atoms with Gasteiger partial charge in [0.25, 0.3) is 0 Å². The second-order valence-electron chi connectivity index (χ2n) is 2.25. The normalized spacial score (nSPS) is 21.5. The van der Waals surface area contributed by atoms with Crippen molar-refractivity contribution >= 4 is 11.8 Å². The van der Waals surface area contributed by atoms with Crippen LogP contribution in [0.4, 0.5) is 0 Å². The van der Waals surface area contributed by atoms with E-state index in [1.54, 1.807) is 12.2 Å². The number of allylic oxidation sites excluding steroid dienone is 2. The van der Waals surface area contributed by atoms with E-state index >= 15 is 0 Å². The summed E-state index contributed by atoms with van der Waals surface area (Å²) in [6.45, 7) is 0. The predicted octanol–water partition coefficient (Wildman–Crippen LogP) is -0.931.